The number of pyridine rings is 2. The maximum atomic E-state index is 14.3. The first-order valence-corrected chi connectivity index (χ1v) is 20.1. The van der Waals surface area contributed by atoms with Crippen molar-refractivity contribution < 1.29 is 88.6 Å². The summed E-state index contributed by atoms with van der Waals surface area (Å²) in [5.74, 6) is -0.565. The van der Waals surface area contributed by atoms with Gasteiger partial charge in [-0.2, -0.15) is 79.0 Å². The second-order valence-electron chi connectivity index (χ2n) is 14.9. The molecule has 6 rings (SSSR count). The number of halogens is 20. The highest BCUT2D eigenvalue weighted by Gasteiger charge is 2.61. The largest absolute Gasteiger partial charge is 0.461 e. The Kier molecular flexibility index (Phi) is 14.8. The van der Waals surface area contributed by atoms with Gasteiger partial charge in [0.05, 0.1) is 13.1 Å². The molecular weight excluding hydrogens is 1080 g/mol. The zero-order chi connectivity index (χ0) is 50.5. The highest BCUT2D eigenvalue weighted by molar-refractivity contribution is 9.10. The van der Waals surface area contributed by atoms with Crippen molar-refractivity contribution in [3.05, 3.63) is 126 Å². The van der Waals surface area contributed by atoms with Crippen LogP contribution in [-0.4, -0.2) is 52.8 Å². The molecule has 0 bridgehead atoms. The average molecular weight is 1110 g/mol. The van der Waals surface area contributed by atoms with Crippen LogP contribution in [-0.2, 0) is 58.2 Å². The molecule has 67 heavy (non-hydrogen) atoms. The van der Waals surface area contributed by atoms with Crippen molar-refractivity contribution in [3.8, 4) is 0 Å². The number of nitrogens with two attached hydrogens (primary N) is 1. The van der Waals surface area contributed by atoms with E-state index in [1.807, 2.05) is 0 Å². The van der Waals surface area contributed by atoms with Crippen molar-refractivity contribution in [2.75, 3.05) is 13.1 Å². The molecule has 27 heteroatoms. The average Bonchev–Trinajstić information content (AvgIpc) is 3.87. The van der Waals surface area contributed by atoms with Crippen molar-refractivity contribution in [1.82, 2.24) is 9.97 Å². The summed E-state index contributed by atoms with van der Waals surface area (Å²) in [4.78, 5) is 23.6. The van der Waals surface area contributed by atoms with Gasteiger partial charge >= 0.3 is 43.0 Å². The van der Waals surface area contributed by atoms with Crippen molar-refractivity contribution in [1.29, 1.82) is 0 Å². The molecule has 4 heterocycles. The molecule has 364 valence electrons. The first kappa shape index (κ1) is 53.2. The van der Waals surface area contributed by atoms with Gasteiger partial charge < -0.3 is 10.5 Å². The van der Waals surface area contributed by atoms with Gasteiger partial charge in [-0.15, -0.1) is 0 Å². The van der Waals surface area contributed by atoms with Crippen molar-refractivity contribution in [2.24, 2.45) is 15.7 Å². The summed E-state index contributed by atoms with van der Waals surface area (Å²) < 4.78 is 249. The van der Waals surface area contributed by atoms with Gasteiger partial charge in [0.1, 0.15) is 40.2 Å². The number of esters is 1. The molecule has 0 fully saturated rings. The summed E-state index contributed by atoms with van der Waals surface area (Å²) in [5.41, 5.74) is -10.2. The number of nitrogens with zero attached hydrogens (tertiary/aromatic N) is 4. The van der Waals surface area contributed by atoms with Gasteiger partial charge in [-0.25, -0.2) is 9.97 Å². The number of benzene rings is 2. The smallest absolute Gasteiger partial charge is 0.433 e. The molecule has 2 aromatic heterocycles. The quantitative estimate of drug-likeness (QED) is 0.147. The standard InChI is InChI=1S/C21H14BrF9N2O2.C19H13BrF9N3/c1-10(34)35-8-12-3-2-11(4-14(12)22)15-7-18(9-32-15,21(29,30)31)13-5-16(19(23,24)25)33-17(6-13)20(26,27)28;20-12-3-9(1-2-10(12)7-30)13-6-16(8-31-13,19(27,28)29)11-4-14(17(21,22)23)32-15(5-11)18(24,25)26/h2-6H,7-9H2,1H3;1-5H,6-8,30H2. The lowest BCUT2D eigenvalue weighted by Gasteiger charge is -2.32. The Morgan fingerprint density at radius 2 is 0.896 bits per heavy atom. The summed E-state index contributed by atoms with van der Waals surface area (Å²) in [6, 6.07) is 8.58. The Morgan fingerprint density at radius 3 is 1.16 bits per heavy atom. The molecule has 2 aromatic carbocycles. The molecule has 0 aliphatic carbocycles. The van der Waals surface area contributed by atoms with Crippen LogP contribution in [0.4, 0.5) is 79.0 Å². The van der Waals surface area contributed by atoms with Crippen LogP contribution in [0.5, 0.6) is 0 Å². The van der Waals surface area contributed by atoms with Crippen molar-refractivity contribution >= 4 is 49.3 Å². The van der Waals surface area contributed by atoms with Crippen LogP contribution in [0.25, 0.3) is 0 Å². The van der Waals surface area contributed by atoms with Crippen molar-refractivity contribution in [3.63, 3.8) is 0 Å². The van der Waals surface area contributed by atoms with Crippen LogP contribution >= 0.6 is 31.9 Å². The Balaban J connectivity index is 0.000000252. The number of rotatable bonds is 7. The maximum Gasteiger partial charge on any atom is 0.433 e. The topological polar surface area (TPSA) is 103 Å². The van der Waals surface area contributed by atoms with Gasteiger partial charge in [0.25, 0.3) is 0 Å². The maximum absolute atomic E-state index is 14.3. The van der Waals surface area contributed by atoms with Crippen molar-refractivity contribution in [2.45, 2.75) is 80.8 Å². The molecule has 4 aromatic rings. The minimum absolute atomic E-state index is 0.00856. The van der Waals surface area contributed by atoms with Gasteiger partial charge in [-0.05, 0) is 64.2 Å². The lowest BCUT2D eigenvalue weighted by molar-refractivity contribution is -0.185. The van der Waals surface area contributed by atoms with E-state index in [-0.39, 0.29) is 60.0 Å². The minimum Gasteiger partial charge on any atom is -0.461 e. The second-order valence-corrected chi connectivity index (χ2v) is 16.6. The Morgan fingerprint density at radius 1 is 0.567 bits per heavy atom. The molecule has 2 aliphatic rings. The van der Waals surface area contributed by atoms with Gasteiger partial charge in [0.15, 0.2) is 0 Å². The highest BCUT2D eigenvalue weighted by atomic mass is 79.9. The van der Waals surface area contributed by atoms with E-state index >= 15 is 0 Å². The normalized spacial score (nSPS) is 19.4. The summed E-state index contributed by atoms with van der Waals surface area (Å²) in [6.45, 7) is -0.998. The predicted molar refractivity (Wildman–Crippen MR) is 208 cm³/mol. The predicted octanol–water partition coefficient (Wildman–Crippen LogP) is 12.7. The molecule has 0 radical (unpaired) electrons. The van der Waals surface area contributed by atoms with Crippen LogP contribution in [0.15, 0.2) is 79.6 Å². The molecule has 0 amide bonds. The number of hydrogen-bond acceptors (Lipinski definition) is 7. The molecule has 0 saturated heterocycles. The third kappa shape index (κ3) is 11.6. The Hall–Kier alpha value is -4.79. The third-order valence-corrected chi connectivity index (χ3v) is 11.9. The number of ether oxygens (including phenoxy) is 1. The van der Waals surface area contributed by atoms with E-state index in [4.69, 9.17) is 10.5 Å². The van der Waals surface area contributed by atoms with Gasteiger partial charge in [0.2, 0.25) is 0 Å². The number of alkyl halides is 18. The fourth-order valence-corrected chi connectivity index (χ4v) is 7.88. The molecular formula is C40H27Br2F18N5O2. The van der Waals surface area contributed by atoms with Crippen LogP contribution < -0.4 is 5.73 Å². The van der Waals surface area contributed by atoms with E-state index in [0.717, 1.165) is 0 Å². The van der Waals surface area contributed by atoms with E-state index in [0.29, 0.717) is 20.1 Å². The summed E-state index contributed by atoms with van der Waals surface area (Å²) in [7, 11) is 0. The zero-order valence-electron chi connectivity index (χ0n) is 33.3. The lowest BCUT2D eigenvalue weighted by atomic mass is 9.76. The fraction of sp³-hybridized carbons (Fsp3) is 0.375. The van der Waals surface area contributed by atoms with Crippen LogP contribution in [0.3, 0.4) is 0 Å². The van der Waals surface area contributed by atoms with E-state index < -0.39 is 114 Å². The van der Waals surface area contributed by atoms with Crippen LogP contribution in [0.2, 0.25) is 0 Å². The Bertz CT molecular complexity index is 2520. The van der Waals surface area contributed by atoms with E-state index in [9.17, 15) is 83.8 Å². The molecule has 0 spiro atoms. The summed E-state index contributed by atoms with van der Waals surface area (Å²) in [5, 5.41) is 0. The summed E-state index contributed by atoms with van der Waals surface area (Å²) in [6.07, 6.45) is -33.9. The molecule has 2 unspecified atom stereocenters. The van der Waals surface area contributed by atoms with E-state index in [1.54, 1.807) is 0 Å². The SMILES string of the molecule is CC(=O)OCc1ccc(C2=NCC(c3cc(C(F)(F)F)nc(C(F)(F)F)c3)(C(F)(F)F)C2)cc1Br.NCc1ccc(C2=NCC(c3cc(C(F)(F)F)nc(C(F)(F)F)c3)(C(F)(F)F)C2)cc1Br. The Labute approximate surface area is 382 Å². The molecule has 2 aliphatic heterocycles. The van der Waals surface area contributed by atoms with Crippen LogP contribution in [0.1, 0.15) is 75.9 Å². The fourth-order valence-electron chi connectivity index (χ4n) is 6.85. The van der Waals surface area contributed by atoms with E-state index in [1.165, 1.54) is 43.3 Å². The molecule has 2 N–H and O–H groups in total. The monoisotopic (exact) mass is 1110 g/mol. The van der Waals surface area contributed by atoms with Gasteiger partial charge in [0, 0.05) is 52.2 Å². The first-order chi connectivity index (χ1) is 30.5. The molecule has 2 atom stereocenters. The number of aromatic nitrogens is 2. The molecule has 7 nitrogen and oxygen atoms in total. The third-order valence-electron chi connectivity index (χ3n) is 10.4. The number of carbonyl (C=O) groups is 1. The van der Waals surface area contributed by atoms with Gasteiger partial charge in [-0.3, -0.25) is 14.8 Å². The number of aliphatic imine (C=N–C) groups is 2. The van der Waals surface area contributed by atoms with E-state index in [2.05, 4.69) is 51.8 Å². The molecule has 0 saturated carbocycles. The van der Waals surface area contributed by atoms with Gasteiger partial charge in [-0.1, -0.05) is 56.1 Å². The summed E-state index contributed by atoms with van der Waals surface area (Å²) >= 11 is 6.41. The second kappa shape index (κ2) is 18.6. The first-order valence-electron chi connectivity index (χ1n) is 18.5. The number of hydrogen-bond donors (Lipinski definition) is 1. The zero-order valence-corrected chi connectivity index (χ0v) is 36.4. The minimum atomic E-state index is -5.41. The van der Waals surface area contributed by atoms with Crippen LogP contribution in [0, 0.1) is 0 Å². The number of carbonyl (C=O) groups excluding carboxylic acids is 1. The highest BCUT2D eigenvalue weighted by Crippen LogP contribution is 2.51. The lowest BCUT2D eigenvalue weighted by Crippen LogP contribution is -2.44.